The van der Waals surface area contributed by atoms with Crippen LogP contribution in [0.3, 0.4) is 0 Å². The molecule has 0 radical (unpaired) electrons. The number of nitrogens with zero attached hydrogens (tertiary/aromatic N) is 1. The zero-order valence-corrected chi connectivity index (χ0v) is 8.66. The van der Waals surface area contributed by atoms with Gasteiger partial charge in [-0.15, -0.1) is 0 Å². The summed E-state index contributed by atoms with van der Waals surface area (Å²) in [6.45, 7) is 5.67. The van der Waals surface area contributed by atoms with Gasteiger partial charge < -0.3 is 11.1 Å². The largest absolute Gasteiger partial charge is 0.320 e. The number of carbonyl (C=O) groups is 1. The fraction of sp³-hybridized carbons (Fsp3) is 0.556. The molecule has 14 heavy (non-hydrogen) atoms. The van der Waals surface area contributed by atoms with Gasteiger partial charge in [-0.25, -0.2) is 0 Å². The maximum atomic E-state index is 11.5. The van der Waals surface area contributed by atoms with Crippen molar-refractivity contribution in [1.29, 1.82) is 0 Å². The van der Waals surface area contributed by atoms with Crippen molar-refractivity contribution in [3.63, 3.8) is 0 Å². The minimum Gasteiger partial charge on any atom is -0.320 e. The van der Waals surface area contributed by atoms with Gasteiger partial charge in [-0.3, -0.25) is 9.89 Å². The summed E-state index contributed by atoms with van der Waals surface area (Å²) in [4.78, 5) is 11.5. The van der Waals surface area contributed by atoms with Crippen LogP contribution in [0.1, 0.15) is 19.5 Å². The third-order valence-corrected chi connectivity index (χ3v) is 1.98. The fourth-order valence-corrected chi connectivity index (χ4v) is 0.994. The molecule has 0 spiro atoms. The fourth-order valence-electron chi connectivity index (χ4n) is 0.994. The summed E-state index contributed by atoms with van der Waals surface area (Å²) < 4.78 is 0. The van der Waals surface area contributed by atoms with Crippen LogP contribution in [-0.2, 0) is 4.79 Å². The van der Waals surface area contributed by atoms with Crippen molar-refractivity contribution >= 4 is 11.7 Å². The number of nitrogens with one attached hydrogen (secondary N) is 2. The second-order valence-electron chi connectivity index (χ2n) is 3.70. The van der Waals surface area contributed by atoms with Crippen molar-refractivity contribution in [2.75, 3.05) is 5.32 Å². The molecular formula is C9H16N4O. The number of hydrogen-bond donors (Lipinski definition) is 3. The van der Waals surface area contributed by atoms with E-state index in [0.717, 1.165) is 5.69 Å². The summed E-state index contributed by atoms with van der Waals surface area (Å²) in [5.41, 5.74) is 6.57. The predicted octanol–water partition coefficient (Wildman–Crippen LogP) is 0.640. The molecule has 0 fully saturated rings. The van der Waals surface area contributed by atoms with Crippen LogP contribution < -0.4 is 11.1 Å². The summed E-state index contributed by atoms with van der Waals surface area (Å²) in [7, 11) is 0. The Kier molecular flexibility index (Phi) is 3.24. The highest BCUT2D eigenvalue weighted by molar-refractivity contribution is 5.94. The van der Waals surface area contributed by atoms with Crippen LogP contribution in [0.4, 0.5) is 5.82 Å². The minimum absolute atomic E-state index is 0.120. The van der Waals surface area contributed by atoms with Crippen LogP contribution >= 0.6 is 0 Å². The maximum Gasteiger partial charge on any atom is 0.242 e. The second-order valence-corrected chi connectivity index (χ2v) is 3.70. The SMILES string of the molecule is Cc1cc(NC(=O)C(N)C(C)C)n[nH]1. The summed E-state index contributed by atoms with van der Waals surface area (Å²) in [6, 6.07) is 1.26. The Morgan fingerprint density at radius 1 is 1.64 bits per heavy atom. The average Bonchev–Trinajstić information content (AvgIpc) is 2.49. The molecule has 5 nitrogen and oxygen atoms in total. The molecule has 1 aromatic rings. The van der Waals surface area contributed by atoms with Gasteiger partial charge in [0.15, 0.2) is 5.82 Å². The van der Waals surface area contributed by atoms with E-state index in [1.807, 2.05) is 20.8 Å². The van der Waals surface area contributed by atoms with Crippen molar-refractivity contribution in [2.24, 2.45) is 11.7 Å². The lowest BCUT2D eigenvalue weighted by Crippen LogP contribution is -2.39. The average molecular weight is 196 g/mol. The van der Waals surface area contributed by atoms with Gasteiger partial charge in [0.25, 0.3) is 0 Å². The van der Waals surface area contributed by atoms with Crippen LogP contribution in [0.5, 0.6) is 0 Å². The standard InChI is InChI=1S/C9H16N4O/c1-5(2)8(10)9(14)11-7-4-6(3)12-13-7/h4-5,8H,10H2,1-3H3,(H2,11,12,13,14). The molecule has 0 bridgehead atoms. The smallest absolute Gasteiger partial charge is 0.242 e. The molecule has 1 amide bonds. The molecule has 0 saturated carbocycles. The van der Waals surface area contributed by atoms with Crippen molar-refractivity contribution in [3.8, 4) is 0 Å². The van der Waals surface area contributed by atoms with Gasteiger partial charge in [0.05, 0.1) is 6.04 Å². The number of carbonyl (C=O) groups excluding carboxylic acids is 1. The van der Waals surface area contributed by atoms with Gasteiger partial charge in [0, 0.05) is 11.8 Å². The molecule has 0 aromatic carbocycles. The number of H-pyrrole nitrogens is 1. The Morgan fingerprint density at radius 2 is 2.29 bits per heavy atom. The Balaban J connectivity index is 2.57. The van der Waals surface area contributed by atoms with E-state index in [2.05, 4.69) is 15.5 Å². The molecule has 0 aliphatic carbocycles. The molecule has 1 aromatic heterocycles. The monoisotopic (exact) mass is 196 g/mol. The molecule has 1 heterocycles. The topological polar surface area (TPSA) is 83.8 Å². The molecule has 0 aliphatic rings. The first kappa shape index (κ1) is 10.7. The Morgan fingerprint density at radius 3 is 2.71 bits per heavy atom. The lowest BCUT2D eigenvalue weighted by Gasteiger charge is -2.13. The van der Waals surface area contributed by atoms with Crippen molar-refractivity contribution in [1.82, 2.24) is 10.2 Å². The van der Waals surface area contributed by atoms with Crippen LogP contribution in [0, 0.1) is 12.8 Å². The third-order valence-electron chi connectivity index (χ3n) is 1.98. The van der Waals surface area contributed by atoms with E-state index in [0.29, 0.717) is 5.82 Å². The van der Waals surface area contributed by atoms with Crippen molar-refractivity contribution < 1.29 is 4.79 Å². The van der Waals surface area contributed by atoms with Crippen LogP contribution in [0.15, 0.2) is 6.07 Å². The predicted molar refractivity (Wildman–Crippen MR) is 54.8 cm³/mol. The van der Waals surface area contributed by atoms with Gasteiger partial charge in [-0.2, -0.15) is 5.10 Å². The molecule has 1 rings (SSSR count). The first-order valence-corrected chi connectivity index (χ1v) is 4.59. The number of nitrogens with two attached hydrogens (primary N) is 1. The first-order valence-electron chi connectivity index (χ1n) is 4.59. The lowest BCUT2D eigenvalue weighted by molar-refractivity contribution is -0.118. The summed E-state index contributed by atoms with van der Waals surface area (Å²) in [6.07, 6.45) is 0. The van der Waals surface area contributed by atoms with E-state index in [4.69, 9.17) is 5.73 Å². The highest BCUT2D eigenvalue weighted by Gasteiger charge is 2.17. The Hall–Kier alpha value is -1.36. The van der Waals surface area contributed by atoms with Crippen LogP contribution in [0.25, 0.3) is 0 Å². The molecule has 78 valence electrons. The number of rotatable bonds is 3. The first-order chi connectivity index (χ1) is 6.50. The van der Waals surface area contributed by atoms with E-state index < -0.39 is 6.04 Å². The Bertz CT molecular complexity index is 318. The normalized spacial score (nSPS) is 12.9. The quantitative estimate of drug-likeness (QED) is 0.663. The summed E-state index contributed by atoms with van der Waals surface area (Å²) in [5.74, 6) is 0.435. The highest BCUT2D eigenvalue weighted by atomic mass is 16.2. The van der Waals surface area contributed by atoms with Crippen LogP contribution in [-0.4, -0.2) is 22.1 Å². The van der Waals surface area contributed by atoms with Crippen molar-refractivity contribution in [3.05, 3.63) is 11.8 Å². The molecule has 1 unspecified atom stereocenters. The van der Waals surface area contributed by atoms with Gasteiger partial charge in [0.2, 0.25) is 5.91 Å². The van der Waals surface area contributed by atoms with Gasteiger partial charge in [-0.05, 0) is 12.8 Å². The van der Waals surface area contributed by atoms with Gasteiger partial charge in [0.1, 0.15) is 0 Å². The number of amides is 1. The van der Waals surface area contributed by atoms with Crippen molar-refractivity contribution in [2.45, 2.75) is 26.8 Å². The molecule has 5 heteroatoms. The summed E-state index contributed by atoms with van der Waals surface area (Å²) >= 11 is 0. The van der Waals surface area contributed by atoms with Gasteiger partial charge in [-0.1, -0.05) is 13.8 Å². The molecular weight excluding hydrogens is 180 g/mol. The van der Waals surface area contributed by atoms with E-state index in [-0.39, 0.29) is 11.8 Å². The van der Waals surface area contributed by atoms with Gasteiger partial charge >= 0.3 is 0 Å². The second kappa shape index (κ2) is 4.23. The molecule has 1 atom stereocenters. The number of aryl methyl sites for hydroxylation is 1. The highest BCUT2D eigenvalue weighted by Crippen LogP contribution is 2.06. The molecule has 4 N–H and O–H groups in total. The molecule has 0 aliphatic heterocycles. The maximum absolute atomic E-state index is 11.5. The third kappa shape index (κ3) is 2.56. The number of hydrogen-bond acceptors (Lipinski definition) is 3. The van der Waals surface area contributed by atoms with E-state index in [1.54, 1.807) is 6.07 Å². The number of aromatic nitrogens is 2. The number of aromatic amines is 1. The van der Waals surface area contributed by atoms with E-state index in [9.17, 15) is 4.79 Å². The summed E-state index contributed by atoms with van der Waals surface area (Å²) in [5, 5.41) is 9.26. The van der Waals surface area contributed by atoms with Crippen LogP contribution in [0.2, 0.25) is 0 Å². The van der Waals surface area contributed by atoms with E-state index in [1.165, 1.54) is 0 Å². The zero-order valence-electron chi connectivity index (χ0n) is 8.66. The zero-order chi connectivity index (χ0) is 10.7. The molecule has 0 saturated heterocycles. The Labute approximate surface area is 83.1 Å². The van der Waals surface area contributed by atoms with E-state index >= 15 is 0 Å². The minimum atomic E-state index is -0.494. The lowest BCUT2D eigenvalue weighted by atomic mass is 10.1. The number of anilines is 1.